The maximum Gasteiger partial charge on any atom is 0.326 e. The van der Waals surface area contributed by atoms with Crippen molar-refractivity contribution in [1.29, 1.82) is 0 Å². The van der Waals surface area contributed by atoms with Crippen molar-refractivity contribution in [1.82, 2.24) is 16.0 Å². The molecule has 19 heavy (non-hydrogen) atoms. The molecule has 8 nitrogen and oxygen atoms in total. The summed E-state index contributed by atoms with van der Waals surface area (Å²) >= 11 is 0. The van der Waals surface area contributed by atoms with E-state index in [0.717, 1.165) is 25.9 Å². The molecular formula is C11H20N4O4. The largest absolute Gasteiger partial charge is 0.480 e. The fourth-order valence-corrected chi connectivity index (χ4v) is 1.90. The Hall–Kier alpha value is -1.83. The van der Waals surface area contributed by atoms with Gasteiger partial charge in [-0.3, -0.25) is 4.79 Å². The predicted molar refractivity (Wildman–Crippen MR) is 67.4 cm³/mol. The highest BCUT2D eigenvalue weighted by atomic mass is 16.4. The first-order valence-electron chi connectivity index (χ1n) is 6.28. The molecule has 0 unspecified atom stereocenters. The van der Waals surface area contributed by atoms with E-state index in [-0.39, 0.29) is 18.9 Å². The molecule has 1 heterocycles. The van der Waals surface area contributed by atoms with E-state index < -0.39 is 23.9 Å². The number of rotatable bonds is 6. The Morgan fingerprint density at radius 1 is 1.32 bits per heavy atom. The van der Waals surface area contributed by atoms with Gasteiger partial charge in [0.15, 0.2) is 0 Å². The van der Waals surface area contributed by atoms with E-state index in [4.69, 9.17) is 10.8 Å². The first-order valence-corrected chi connectivity index (χ1v) is 6.28. The lowest BCUT2D eigenvalue weighted by Gasteiger charge is -2.24. The van der Waals surface area contributed by atoms with E-state index in [9.17, 15) is 14.4 Å². The van der Waals surface area contributed by atoms with Crippen LogP contribution in [0.25, 0.3) is 0 Å². The zero-order chi connectivity index (χ0) is 14.3. The molecule has 0 saturated carbocycles. The minimum Gasteiger partial charge on any atom is -0.480 e. The van der Waals surface area contributed by atoms with Crippen LogP contribution in [0.4, 0.5) is 4.79 Å². The molecule has 1 aliphatic rings. The number of primary amides is 1. The number of amides is 3. The molecule has 1 saturated heterocycles. The molecule has 0 aromatic carbocycles. The standard InChI is InChI=1S/C11H20N4O4/c12-9(16)2-1-8(10(17)18)15-11(19)14-7-3-5-13-6-4-7/h7-8,13H,1-6H2,(H2,12,16)(H,17,18)(H2,14,15,19)/t8-/m0/s1. The topological polar surface area (TPSA) is 134 Å². The highest BCUT2D eigenvalue weighted by molar-refractivity contribution is 5.83. The minimum absolute atomic E-state index is 0.00961. The third-order valence-corrected chi connectivity index (χ3v) is 2.96. The SMILES string of the molecule is NC(=O)CC[C@H](NC(=O)NC1CCNCC1)C(=O)O. The van der Waals surface area contributed by atoms with Gasteiger partial charge < -0.3 is 26.8 Å². The molecule has 0 aromatic heterocycles. The summed E-state index contributed by atoms with van der Waals surface area (Å²) in [6.07, 6.45) is 1.54. The Balaban J connectivity index is 2.37. The molecular weight excluding hydrogens is 252 g/mol. The van der Waals surface area contributed by atoms with Gasteiger partial charge in [0.2, 0.25) is 5.91 Å². The van der Waals surface area contributed by atoms with E-state index >= 15 is 0 Å². The van der Waals surface area contributed by atoms with E-state index in [1.54, 1.807) is 0 Å². The van der Waals surface area contributed by atoms with Gasteiger partial charge in [0, 0.05) is 12.5 Å². The molecule has 6 N–H and O–H groups in total. The third-order valence-electron chi connectivity index (χ3n) is 2.96. The summed E-state index contributed by atoms with van der Waals surface area (Å²) in [6.45, 7) is 1.66. The van der Waals surface area contributed by atoms with Crippen molar-refractivity contribution in [3.8, 4) is 0 Å². The highest BCUT2D eigenvalue weighted by Crippen LogP contribution is 2.02. The van der Waals surface area contributed by atoms with Crippen LogP contribution in [0.1, 0.15) is 25.7 Å². The Morgan fingerprint density at radius 3 is 2.47 bits per heavy atom. The van der Waals surface area contributed by atoms with Crippen LogP contribution in [0, 0.1) is 0 Å². The van der Waals surface area contributed by atoms with E-state index in [1.807, 2.05) is 0 Å². The molecule has 3 amide bonds. The summed E-state index contributed by atoms with van der Waals surface area (Å²) in [5, 5.41) is 17.2. The lowest BCUT2D eigenvalue weighted by molar-refractivity contribution is -0.139. The minimum atomic E-state index is -1.18. The number of nitrogens with one attached hydrogen (secondary N) is 3. The van der Waals surface area contributed by atoms with Gasteiger partial charge in [-0.15, -0.1) is 0 Å². The molecule has 108 valence electrons. The molecule has 1 atom stereocenters. The number of carbonyl (C=O) groups excluding carboxylic acids is 2. The number of piperidine rings is 1. The zero-order valence-corrected chi connectivity index (χ0v) is 10.6. The van der Waals surface area contributed by atoms with Crippen molar-refractivity contribution in [3.63, 3.8) is 0 Å². The quantitative estimate of drug-likeness (QED) is 0.412. The van der Waals surface area contributed by atoms with E-state index in [0.29, 0.717) is 0 Å². The number of carboxylic acids is 1. The maximum atomic E-state index is 11.6. The molecule has 1 rings (SSSR count). The number of nitrogens with two attached hydrogens (primary N) is 1. The summed E-state index contributed by atoms with van der Waals surface area (Å²) in [7, 11) is 0. The fraction of sp³-hybridized carbons (Fsp3) is 0.727. The van der Waals surface area contributed by atoms with Crippen LogP contribution in [0.15, 0.2) is 0 Å². The number of carbonyl (C=O) groups is 3. The van der Waals surface area contributed by atoms with Crippen LogP contribution in [-0.4, -0.2) is 48.2 Å². The third kappa shape index (κ3) is 6.05. The van der Waals surface area contributed by atoms with Gasteiger partial charge in [-0.1, -0.05) is 0 Å². The molecule has 0 spiro atoms. The highest BCUT2D eigenvalue weighted by Gasteiger charge is 2.22. The summed E-state index contributed by atoms with van der Waals surface area (Å²) in [4.78, 5) is 33.2. The van der Waals surface area contributed by atoms with Crippen LogP contribution in [0.3, 0.4) is 0 Å². The smallest absolute Gasteiger partial charge is 0.326 e. The van der Waals surface area contributed by atoms with Crippen molar-refractivity contribution in [3.05, 3.63) is 0 Å². The predicted octanol–water partition coefficient (Wildman–Crippen LogP) is -1.24. The Labute approximate surface area is 111 Å². The first-order chi connectivity index (χ1) is 8.99. The van der Waals surface area contributed by atoms with Crippen molar-refractivity contribution in [2.45, 2.75) is 37.8 Å². The summed E-state index contributed by atoms with van der Waals surface area (Å²) in [6, 6.07) is -1.58. The second-order valence-corrected chi connectivity index (χ2v) is 4.54. The molecule has 8 heteroatoms. The van der Waals surface area contributed by atoms with Gasteiger partial charge in [-0.05, 0) is 32.4 Å². The molecule has 0 aliphatic carbocycles. The summed E-state index contributed by atoms with van der Waals surface area (Å²) < 4.78 is 0. The van der Waals surface area contributed by atoms with Gasteiger partial charge in [0.05, 0.1) is 0 Å². The van der Waals surface area contributed by atoms with E-state index in [2.05, 4.69) is 16.0 Å². The Bertz CT molecular complexity index is 342. The number of aliphatic carboxylic acids is 1. The van der Waals surface area contributed by atoms with Crippen molar-refractivity contribution < 1.29 is 19.5 Å². The maximum absolute atomic E-state index is 11.6. The van der Waals surface area contributed by atoms with Crippen LogP contribution in [-0.2, 0) is 9.59 Å². The van der Waals surface area contributed by atoms with Crippen LogP contribution >= 0.6 is 0 Å². The molecule has 0 radical (unpaired) electrons. The van der Waals surface area contributed by atoms with Crippen LogP contribution in [0.5, 0.6) is 0 Å². The summed E-state index contributed by atoms with van der Waals surface area (Å²) in [5.74, 6) is -1.77. The van der Waals surface area contributed by atoms with Crippen molar-refractivity contribution >= 4 is 17.9 Å². The van der Waals surface area contributed by atoms with Crippen molar-refractivity contribution in [2.24, 2.45) is 5.73 Å². The molecule has 0 bridgehead atoms. The van der Waals surface area contributed by atoms with Gasteiger partial charge in [-0.2, -0.15) is 0 Å². The first kappa shape index (κ1) is 15.2. The molecule has 1 fully saturated rings. The van der Waals surface area contributed by atoms with Gasteiger partial charge >= 0.3 is 12.0 Å². The van der Waals surface area contributed by atoms with Gasteiger partial charge in [0.25, 0.3) is 0 Å². The van der Waals surface area contributed by atoms with Gasteiger partial charge in [-0.25, -0.2) is 9.59 Å². The second-order valence-electron chi connectivity index (χ2n) is 4.54. The van der Waals surface area contributed by atoms with Gasteiger partial charge in [0.1, 0.15) is 6.04 Å². The number of carboxylic acid groups (broad SMARTS) is 1. The average Bonchev–Trinajstić information content (AvgIpc) is 2.35. The number of urea groups is 1. The molecule has 0 aromatic rings. The number of hydrogen-bond donors (Lipinski definition) is 5. The van der Waals surface area contributed by atoms with Crippen LogP contribution in [0.2, 0.25) is 0 Å². The average molecular weight is 272 g/mol. The lowest BCUT2D eigenvalue weighted by atomic mass is 10.1. The molecule has 1 aliphatic heterocycles. The second kappa shape index (κ2) is 7.57. The zero-order valence-electron chi connectivity index (χ0n) is 10.6. The van der Waals surface area contributed by atoms with Crippen LogP contribution < -0.4 is 21.7 Å². The lowest BCUT2D eigenvalue weighted by Crippen LogP contribution is -2.51. The van der Waals surface area contributed by atoms with E-state index in [1.165, 1.54) is 0 Å². The Morgan fingerprint density at radius 2 is 1.95 bits per heavy atom. The van der Waals surface area contributed by atoms with Crippen molar-refractivity contribution in [2.75, 3.05) is 13.1 Å². The monoisotopic (exact) mass is 272 g/mol. The number of hydrogen-bond acceptors (Lipinski definition) is 4. The fourth-order valence-electron chi connectivity index (χ4n) is 1.90. The Kier molecular flexibility index (Phi) is 6.07. The normalized spacial score (nSPS) is 17.5. The summed E-state index contributed by atoms with van der Waals surface area (Å²) in [5.41, 5.74) is 4.95.